The SMILES string of the molecule is O=C(NC(CCSCc1nc2ccsc2c(=O)[nH]1)C(=O)O)OCc1ccccc1. The van der Waals surface area contributed by atoms with Gasteiger partial charge in [0.05, 0.1) is 11.3 Å². The van der Waals surface area contributed by atoms with Crippen molar-refractivity contribution in [2.75, 3.05) is 5.75 Å². The number of thioether (sulfide) groups is 1. The van der Waals surface area contributed by atoms with Crippen LogP contribution in [0.15, 0.2) is 46.6 Å². The van der Waals surface area contributed by atoms with Gasteiger partial charge in [-0.2, -0.15) is 11.8 Å². The number of carbonyl (C=O) groups excluding carboxylic acids is 1. The van der Waals surface area contributed by atoms with Crippen molar-refractivity contribution in [1.29, 1.82) is 0 Å². The predicted octanol–water partition coefficient (Wildman–Crippen LogP) is 2.99. The number of nitrogens with one attached hydrogen (secondary N) is 2. The van der Waals surface area contributed by atoms with Gasteiger partial charge in [-0.1, -0.05) is 30.3 Å². The molecule has 0 aliphatic rings. The van der Waals surface area contributed by atoms with E-state index < -0.39 is 18.1 Å². The van der Waals surface area contributed by atoms with Crippen LogP contribution in [0.5, 0.6) is 0 Å². The molecular formula is C19H19N3O5S2. The Morgan fingerprint density at radius 2 is 2.07 bits per heavy atom. The molecule has 3 aromatic rings. The molecule has 3 rings (SSSR count). The fourth-order valence-corrected chi connectivity index (χ4v) is 4.13. The smallest absolute Gasteiger partial charge is 0.408 e. The molecule has 29 heavy (non-hydrogen) atoms. The summed E-state index contributed by atoms with van der Waals surface area (Å²) in [6, 6.07) is 9.85. The van der Waals surface area contributed by atoms with Crippen LogP contribution in [0.1, 0.15) is 17.8 Å². The van der Waals surface area contributed by atoms with E-state index >= 15 is 0 Å². The third-order valence-electron chi connectivity index (χ3n) is 3.96. The van der Waals surface area contributed by atoms with Gasteiger partial charge in [0.1, 0.15) is 23.2 Å². The van der Waals surface area contributed by atoms with E-state index in [1.54, 1.807) is 6.07 Å². The Hall–Kier alpha value is -2.85. The number of carbonyl (C=O) groups is 2. The fraction of sp³-hybridized carbons (Fsp3) is 0.263. The van der Waals surface area contributed by atoms with Crippen LogP contribution >= 0.6 is 23.1 Å². The third-order valence-corrected chi connectivity index (χ3v) is 5.86. The number of nitrogens with zero attached hydrogens (tertiary/aromatic N) is 1. The highest BCUT2D eigenvalue weighted by atomic mass is 32.2. The predicted molar refractivity (Wildman–Crippen MR) is 112 cm³/mol. The first kappa shape index (κ1) is 20.9. The molecular weight excluding hydrogens is 414 g/mol. The molecule has 2 heterocycles. The van der Waals surface area contributed by atoms with Gasteiger partial charge in [0, 0.05) is 0 Å². The molecule has 0 bridgehead atoms. The van der Waals surface area contributed by atoms with E-state index in [1.165, 1.54) is 23.1 Å². The van der Waals surface area contributed by atoms with Crippen LogP contribution in [0.2, 0.25) is 0 Å². The number of hydrogen-bond acceptors (Lipinski definition) is 7. The number of H-pyrrole nitrogens is 1. The Labute approximate surface area is 174 Å². The van der Waals surface area contributed by atoms with Crippen molar-refractivity contribution >= 4 is 45.4 Å². The lowest BCUT2D eigenvalue weighted by Crippen LogP contribution is -2.41. The summed E-state index contributed by atoms with van der Waals surface area (Å²) >= 11 is 2.76. The summed E-state index contributed by atoms with van der Waals surface area (Å²) in [7, 11) is 0. The van der Waals surface area contributed by atoms with Crippen LogP contribution in [0.3, 0.4) is 0 Å². The summed E-state index contributed by atoms with van der Waals surface area (Å²) in [5.41, 5.74) is 1.29. The molecule has 152 valence electrons. The summed E-state index contributed by atoms with van der Waals surface area (Å²) in [6.45, 7) is 0.0673. The number of rotatable bonds is 9. The second-order valence-corrected chi connectivity index (χ2v) is 8.11. The normalized spacial score (nSPS) is 11.9. The number of aromatic amines is 1. The monoisotopic (exact) mass is 433 g/mol. The molecule has 1 unspecified atom stereocenters. The van der Waals surface area contributed by atoms with Crippen molar-refractivity contribution in [1.82, 2.24) is 15.3 Å². The van der Waals surface area contributed by atoms with Crippen molar-refractivity contribution in [3.63, 3.8) is 0 Å². The van der Waals surface area contributed by atoms with Gasteiger partial charge in [0.2, 0.25) is 0 Å². The van der Waals surface area contributed by atoms with E-state index in [2.05, 4.69) is 15.3 Å². The molecule has 0 saturated carbocycles. The molecule has 1 amide bonds. The molecule has 10 heteroatoms. The van der Waals surface area contributed by atoms with Crippen LogP contribution in [0.25, 0.3) is 10.2 Å². The number of alkyl carbamates (subject to hydrolysis) is 1. The summed E-state index contributed by atoms with van der Waals surface area (Å²) < 4.78 is 5.65. The number of thiophene rings is 1. The van der Waals surface area contributed by atoms with Gasteiger partial charge in [-0.15, -0.1) is 11.3 Å². The average Bonchev–Trinajstić information content (AvgIpc) is 3.18. The number of benzene rings is 1. The van der Waals surface area contributed by atoms with E-state index in [1.807, 2.05) is 35.7 Å². The van der Waals surface area contributed by atoms with E-state index in [0.717, 1.165) is 5.56 Å². The second kappa shape index (κ2) is 10.1. The Morgan fingerprint density at radius 3 is 2.83 bits per heavy atom. The lowest BCUT2D eigenvalue weighted by atomic mass is 10.2. The summed E-state index contributed by atoms with van der Waals surface area (Å²) in [5, 5.41) is 13.5. The highest BCUT2D eigenvalue weighted by molar-refractivity contribution is 7.98. The van der Waals surface area contributed by atoms with E-state index in [4.69, 9.17) is 4.74 Å². The fourth-order valence-electron chi connectivity index (χ4n) is 2.52. The lowest BCUT2D eigenvalue weighted by molar-refractivity contribution is -0.139. The Morgan fingerprint density at radius 1 is 1.28 bits per heavy atom. The minimum absolute atomic E-state index is 0.0673. The molecule has 0 aliphatic heterocycles. The van der Waals surface area contributed by atoms with Crippen molar-refractivity contribution in [2.45, 2.75) is 24.8 Å². The largest absolute Gasteiger partial charge is 0.480 e. The number of carboxylic acids is 1. The van der Waals surface area contributed by atoms with Crippen LogP contribution in [0, 0.1) is 0 Å². The van der Waals surface area contributed by atoms with Gasteiger partial charge in [-0.3, -0.25) is 4.79 Å². The van der Waals surface area contributed by atoms with Crippen molar-refractivity contribution < 1.29 is 19.4 Å². The molecule has 0 saturated heterocycles. The Kier molecular flexibility index (Phi) is 7.25. The first-order chi connectivity index (χ1) is 14.0. The average molecular weight is 434 g/mol. The molecule has 1 atom stereocenters. The van der Waals surface area contributed by atoms with Gasteiger partial charge < -0.3 is 20.1 Å². The first-order valence-corrected chi connectivity index (χ1v) is 10.8. The number of fused-ring (bicyclic) bond motifs is 1. The Balaban J connectivity index is 1.44. The summed E-state index contributed by atoms with van der Waals surface area (Å²) in [5.74, 6) is 0.300. The number of aromatic nitrogens is 2. The van der Waals surface area contributed by atoms with Crippen LogP contribution in [0.4, 0.5) is 4.79 Å². The van der Waals surface area contributed by atoms with Crippen LogP contribution in [-0.2, 0) is 21.9 Å². The second-order valence-electron chi connectivity index (χ2n) is 6.09. The van der Waals surface area contributed by atoms with Gasteiger partial charge >= 0.3 is 12.1 Å². The first-order valence-electron chi connectivity index (χ1n) is 8.77. The molecule has 0 fully saturated rings. The number of amides is 1. The molecule has 3 N–H and O–H groups in total. The quantitative estimate of drug-likeness (QED) is 0.444. The highest BCUT2D eigenvalue weighted by Crippen LogP contribution is 2.16. The van der Waals surface area contributed by atoms with E-state index in [-0.39, 0.29) is 18.6 Å². The van der Waals surface area contributed by atoms with Gasteiger partial charge in [0.15, 0.2) is 0 Å². The van der Waals surface area contributed by atoms with Gasteiger partial charge in [-0.25, -0.2) is 14.6 Å². The molecule has 8 nitrogen and oxygen atoms in total. The number of hydrogen-bond donors (Lipinski definition) is 3. The zero-order chi connectivity index (χ0) is 20.6. The molecule has 2 aromatic heterocycles. The zero-order valence-electron chi connectivity index (χ0n) is 15.3. The Bertz CT molecular complexity index is 1040. The van der Waals surface area contributed by atoms with E-state index in [9.17, 15) is 19.5 Å². The minimum Gasteiger partial charge on any atom is -0.480 e. The van der Waals surface area contributed by atoms with Gasteiger partial charge in [0.25, 0.3) is 5.56 Å². The van der Waals surface area contributed by atoms with Crippen molar-refractivity contribution in [3.8, 4) is 0 Å². The number of aliphatic carboxylic acids is 1. The zero-order valence-corrected chi connectivity index (χ0v) is 16.9. The molecule has 0 aliphatic carbocycles. The van der Waals surface area contributed by atoms with Crippen LogP contribution < -0.4 is 10.9 Å². The molecule has 0 radical (unpaired) electrons. The maximum atomic E-state index is 11.9. The highest BCUT2D eigenvalue weighted by Gasteiger charge is 2.20. The summed E-state index contributed by atoms with van der Waals surface area (Å²) in [4.78, 5) is 42.3. The maximum absolute atomic E-state index is 11.9. The number of carboxylic acid groups (broad SMARTS) is 1. The van der Waals surface area contributed by atoms with Crippen molar-refractivity contribution in [3.05, 3.63) is 63.5 Å². The van der Waals surface area contributed by atoms with E-state index in [0.29, 0.717) is 27.5 Å². The standard InChI is InChI=1S/C19H19N3O5S2/c23-17-16-13(7-9-29-16)20-15(22-17)11-28-8-6-14(18(24)25)21-19(26)27-10-12-4-2-1-3-5-12/h1-5,7,9,14H,6,8,10-11H2,(H,21,26)(H,24,25)(H,20,22,23). The van der Waals surface area contributed by atoms with Gasteiger partial charge in [-0.05, 0) is 29.2 Å². The number of ether oxygens (including phenoxy) is 1. The lowest BCUT2D eigenvalue weighted by Gasteiger charge is -2.14. The summed E-state index contributed by atoms with van der Waals surface area (Å²) in [6.07, 6.45) is -0.564. The maximum Gasteiger partial charge on any atom is 0.408 e. The molecule has 1 aromatic carbocycles. The van der Waals surface area contributed by atoms with Crippen LogP contribution in [-0.4, -0.2) is 38.9 Å². The topological polar surface area (TPSA) is 121 Å². The molecule has 0 spiro atoms. The third kappa shape index (κ3) is 6.06. The van der Waals surface area contributed by atoms with Crippen molar-refractivity contribution in [2.24, 2.45) is 0 Å². The minimum atomic E-state index is -1.13.